The molecular formula is C20H19ClN4O4S. The number of carbonyl (C=O) groups excluding carboxylic acids is 1. The highest BCUT2D eigenvalue weighted by atomic mass is 35.5. The fourth-order valence-electron chi connectivity index (χ4n) is 2.52. The number of aromatic nitrogens is 1. The Morgan fingerprint density at radius 3 is 2.37 bits per heavy atom. The van der Waals surface area contributed by atoms with Crippen molar-refractivity contribution in [2.45, 2.75) is 0 Å². The second kappa shape index (κ2) is 9.95. The summed E-state index contributed by atoms with van der Waals surface area (Å²) in [5.41, 5.74) is 3.64. The molecule has 8 nitrogen and oxygen atoms in total. The van der Waals surface area contributed by atoms with E-state index in [-0.39, 0.29) is 5.15 Å². The van der Waals surface area contributed by atoms with Crippen LogP contribution in [0.3, 0.4) is 0 Å². The van der Waals surface area contributed by atoms with Gasteiger partial charge in [0.1, 0.15) is 0 Å². The molecule has 0 aliphatic rings. The number of amides is 1. The number of ether oxygens (including phenoxy) is 3. The first-order valence-corrected chi connectivity index (χ1v) is 9.87. The van der Waals surface area contributed by atoms with Crippen LogP contribution in [0.4, 0.5) is 10.8 Å². The first-order chi connectivity index (χ1) is 14.5. The number of thiazole rings is 1. The van der Waals surface area contributed by atoms with E-state index in [1.54, 1.807) is 0 Å². The van der Waals surface area contributed by atoms with Crippen LogP contribution in [0.15, 0.2) is 47.6 Å². The Balaban J connectivity index is 1.70. The lowest BCUT2D eigenvalue weighted by atomic mass is 10.1. The molecule has 0 bridgehead atoms. The Morgan fingerprint density at radius 2 is 1.77 bits per heavy atom. The smallest absolute Gasteiger partial charge is 0.271 e. The van der Waals surface area contributed by atoms with Gasteiger partial charge in [-0.25, -0.2) is 10.4 Å². The van der Waals surface area contributed by atoms with Gasteiger partial charge < -0.3 is 19.5 Å². The van der Waals surface area contributed by atoms with Crippen LogP contribution in [0.5, 0.6) is 17.2 Å². The fourth-order valence-corrected chi connectivity index (χ4v) is 3.57. The highest BCUT2D eigenvalue weighted by molar-refractivity contribution is 7.17. The molecule has 1 aromatic heterocycles. The van der Waals surface area contributed by atoms with Crippen molar-refractivity contribution in [2.24, 2.45) is 5.10 Å². The van der Waals surface area contributed by atoms with E-state index in [0.717, 1.165) is 5.69 Å². The summed E-state index contributed by atoms with van der Waals surface area (Å²) >= 11 is 7.47. The molecule has 0 spiro atoms. The van der Waals surface area contributed by atoms with Gasteiger partial charge in [0.15, 0.2) is 21.8 Å². The van der Waals surface area contributed by atoms with Crippen molar-refractivity contribution >= 4 is 45.9 Å². The third-order valence-electron chi connectivity index (χ3n) is 3.91. The highest BCUT2D eigenvalue weighted by Crippen LogP contribution is 2.38. The lowest BCUT2D eigenvalue weighted by Crippen LogP contribution is -2.18. The molecule has 156 valence electrons. The molecule has 1 heterocycles. The Hall–Kier alpha value is -3.30. The van der Waals surface area contributed by atoms with Gasteiger partial charge in [-0.1, -0.05) is 41.1 Å². The zero-order chi connectivity index (χ0) is 21.5. The number of para-hydroxylation sites is 1. The predicted molar refractivity (Wildman–Crippen MR) is 118 cm³/mol. The van der Waals surface area contributed by atoms with Crippen LogP contribution in [-0.4, -0.2) is 38.4 Å². The third-order valence-corrected chi connectivity index (χ3v) is 5.22. The quantitative estimate of drug-likeness (QED) is 0.395. The van der Waals surface area contributed by atoms with E-state index >= 15 is 0 Å². The van der Waals surface area contributed by atoms with Crippen LogP contribution in [-0.2, 0) is 0 Å². The van der Waals surface area contributed by atoms with E-state index in [4.69, 9.17) is 25.8 Å². The Kier molecular flexibility index (Phi) is 7.10. The zero-order valence-corrected chi connectivity index (χ0v) is 18.0. The van der Waals surface area contributed by atoms with Crippen molar-refractivity contribution in [3.8, 4) is 17.2 Å². The van der Waals surface area contributed by atoms with E-state index in [0.29, 0.717) is 32.8 Å². The Labute approximate surface area is 182 Å². The Morgan fingerprint density at radius 1 is 1.10 bits per heavy atom. The number of anilines is 2. The molecule has 2 N–H and O–H groups in total. The average molecular weight is 447 g/mol. The van der Waals surface area contributed by atoms with Crippen molar-refractivity contribution in [1.29, 1.82) is 0 Å². The maximum Gasteiger partial charge on any atom is 0.271 e. The summed E-state index contributed by atoms with van der Waals surface area (Å²) in [5, 5.41) is 8.03. The van der Waals surface area contributed by atoms with Crippen LogP contribution in [0.25, 0.3) is 0 Å². The minimum atomic E-state index is -0.450. The molecule has 0 radical (unpaired) electrons. The molecule has 1 amide bonds. The van der Waals surface area contributed by atoms with E-state index in [1.807, 2.05) is 30.3 Å². The molecule has 10 heteroatoms. The van der Waals surface area contributed by atoms with Crippen molar-refractivity contribution in [3.63, 3.8) is 0 Å². The van der Waals surface area contributed by atoms with Gasteiger partial charge in [-0.2, -0.15) is 5.10 Å². The number of methoxy groups -OCH3 is 3. The van der Waals surface area contributed by atoms with Crippen LogP contribution in [0.1, 0.15) is 15.2 Å². The Bertz CT molecular complexity index is 1030. The van der Waals surface area contributed by atoms with Gasteiger partial charge in [0.2, 0.25) is 5.75 Å². The maximum atomic E-state index is 12.5. The predicted octanol–water partition coefficient (Wildman–Crippen LogP) is 4.33. The number of benzene rings is 2. The summed E-state index contributed by atoms with van der Waals surface area (Å²) in [6.07, 6.45) is 1.44. The molecule has 0 aliphatic carbocycles. The van der Waals surface area contributed by atoms with Crippen molar-refractivity contribution in [2.75, 3.05) is 26.6 Å². The molecule has 30 heavy (non-hydrogen) atoms. The molecule has 2 aromatic carbocycles. The van der Waals surface area contributed by atoms with E-state index < -0.39 is 5.91 Å². The van der Waals surface area contributed by atoms with Gasteiger partial charge in [0.25, 0.3) is 5.91 Å². The molecule has 0 fully saturated rings. The van der Waals surface area contributed by atoms with E-state index in [1.165, 1.54) is 51.0 Å². The molecule has 0 saturated heterocycles. The summed E-state index contributed by atoms with van der Waals surface area (Å²) in [6.45, 7) is 0. The van der Waals surface area contributed by atoms with E-state index in [9.17, 15) is 4.79 Å². The summed E-state index contributed by atoms with van der Waals surface area (Å²) < 4.78 is 15.8. The molecule has 0 aliphatic heterocycles. The van der Waals surface area contributed by atoms with Crippen LogP contribution < -0.4 is 25.0 Å². The minimum absolute atomic E-state index is 0.282. The molecule has 3 aromatic rings. The number of hydrogen-bond acceptors (Lipinski definition) is 8. The van der Waals surface area contributed by atoms with Crippen molar-refractivity contribution in [1.82, 2.24) is 10.4 Å². The van der Waals surface area contributed by atoms with Gasteiger partial charge in [0, 0.05) is 11.3 Å². The van der Waals surface area contributed by atoms with Crippen LogP contribution in [0, 0.1) is 0 Å². The first kappa shape index (κ1) is 21.4. The second-order valence-electron chi connectivity index (χ2n) is 5.78. The molecule has 0 atom stereocenters. The van der Waals surface area contributed by atoms with Crippen LogP contribution >= 0.6 is 22.9 Å². The third kappa shape index (κ3) is 5.00. The summed E-state index contributed by atoms with van der Waals surface area (Å²) in [6, 6.07) is 12.7. The minimum Gasteiger partial charge on any atom is -0.493 e. The number of hydrogen-bond donors (Lipinski definition) is 2. The maximum absolute atomic E-state index is 12.5. The second-order valence-corrected chi connectivity index (χ2v) is 7.17. The largest absolute Gasteiger partial charge is 0.493 e. The van der Waals surface area contributed by atoms with Gasteiger partial charge in [-0.05, 0) is 24.3 Å². The van der Waals surface area contributed by atoms with E-state index in [2.05, 4.69) is 20.8 Å². The average Bonchev–Trinajstić information content (AvgIpc) is 3.11. The molecule has 0 saturated carbocycles. The molecular weight excluding hydrogens is 428 g/mol. The number of nitrogens with one attached hydrogen (secondary N) is 2. The lowest BCUT2D eigenvalue weighted by Gasteiger charge is -2.13. The van der Waals surface area contributed by atoms with Gasteiger partial charge in [-0.15, -0.1) is 0 Å². The van der Waals surface area contributed by atoms with Crippen molar-refractivity contribution in [3.05, 3.63) is 58.1 Å². The normalized spacial score (nSPS) is 10.7. The first-order valence-electron chi connectivity index (χ1n) is 8.67. The summed E-state index contributed by atoms with van der Waals surface area (Å²) in [7, 11) is 4.44. The van der Waals surface area contributed by atoms with Gasteiger partial charge in [-0.3, -0.25) is 4.79 Å². The number of nitrogens with zero attached hydrogens (tertiary/aromatic N) is 2. The molecule has 0 unspecified atom stereocenters. The number of halogens is 1. The standard InChI is InChI=1S/C20H19ClN4O4S/c1-27-14-9-12(10-15(28-2)17(14)29-3)19(26)25-22-11-16-18(21)24-20(30-16)23-13-7-5-4-6-8-13/h4-11H,1-3H3,(H,23,24)(H,25,26). The van der Waals surface area contributed by atoms with Gasteiger partial charge in [0.05, 0.1) is 32.4 Å². The SMILES string of the molecule is COc1cc(C(=O)NN=Cc2sc(Nc3ccccc3)nc2Cl)cc(OC)c1OC. The van der Waals surface area contributed by atoms with Gasteiger partial charge >= 0.3 is 0 Å². The summed E-state index contributed by atoms with van der Waals surface area (Å²) in [4.78, 5) is 17.3. The molecule has 3 rings (SSSR count). The number of hydrazone groups is 1. The zero-order valence-electron chi connectivity index (χ0n) is 16.4. The number of rotatable bonds is 8. The topological polar surface area (TPSA) is 94.1 Å². The number of carbonyl (C=O) groups is 1. The fraction of sp³-hybridized carbons (Fsp3) is 0.150. The van der Waals surface area contributed by atoms with Crippen LogP contribution in [0.2, 0.25) is 5.15 Å². The highest BCUT2D eigenvalue weighted by Gasteiger charge is 2.17. The lowest BCUT2D eigenvalue weighted by molar-refractivity contribution is 0.0954. The van der Waals surface area contributed by atoms with Crippen molar-refractivity contribution < 1.29 is 19.0 Å². The summed E-state index contributed by atoms with van der Waals surface area (Å²) in [5.74, 6) is 0.685. The monoisotopic (exact) mass is 446 g/mol.